The maximum absolute atomic E-state index is 6.54. The molecule has 5 saturated carbocycles. The minimum atomic E-state index is 0.143. The number of hydrogen-bond donors (Lipinski definition) is 0. The maximum atomic E-state index is 6.54. The number of furan rings is 1. The third-order valence-corrected chi connectivity index (χ3v) is 15.4. The fraction of sp³-hybridized carbons (Fsp3) is 0.192. The van der Waals surface area contributed by atoms with Crippen LogP contribution in [0.25, 0.3) is 60.6 Å². The Morgan fingerprint density at radius 2 is 1.11 bits per heavy atom. The summed E-state index contributed by atoms with van der Waals surface area (Å²) in [4.78, 5) is 2.51. The van der Waals surface area contributed by atoms with Gasteiger partial charge in [0.1, 0.15) is 11.2 Å². The van der Waals surface area contributed by atoms with Gasteiger partial charge in [-0.1, -0.05) is 91.0 Å². The van der Waals surface area contributed by atoms with E-state index >= 15 is 0 Å². The van der Waals surface area contributed by atoms with Crippen molar-refractivity contribution in [3.8, 4) is 16.8 Å². The molecule has 0 saturated heterocycles. The standard InChI is InChI=1S/C52H38N2O/c1-5-14-42-41(13-1)49-43(52(42)50-28-32-26-33(30-50)31-51(50,52)29-32)15-9-18-46(49)53(36-24-25-40-39-12-4-8-19-47(39)55-48(40)27-36)34-20-22-35(23-21-34)54-44-16-6-2-10-37(44)38-11-3-7-17-45(38)54/h1-25,27,32-33H,26,28-31H2. The van der Waals surface area contributed by atoms with E-state index in [9.17, 15) is 0 Å². The molecule has 5 fully saturated rings. The highest BCUT2D eigenvalue weighted by Gasteiger charge is 2.94. The maximum Gasteiger partial charge on any atom is 0.137 e. The van der Waals surface area contributed by atoms with Crippen LogP contribution in [0.4, 0.5) is 17.1 Å². The van der Waals surface area contributed by atoms with Crippen LogP contribution < -0.4 is 4.90 Å². The van der Waals surface area contributed by atoms with E-state index in [1.165, 1.54) is 70.7 Å². The van der Waals surface area contributed by atoms with Gasteiger partial charge in [0, 0.05) is 55.7 Å². The van der Waals surface area contributed by atoms with Crippen molar-refractivity contribution in [1.29, 1.82) is 0 Å². The first-order valence-electron chi connectivity index (χ1n) is 20.2. The molecular weight excluding hydrogens is 669 g/mol. The number of para-hydroxylation sites is 3. The molecule has 3 spiro atoms. The van der Waals surface area contributed by atoms with Crippen molar-refractivity contribution < 1.29 is 4.42 Å². The molecule has 262 valence electrons. The van der Waals surface area contributed by atoms with Crippen molar-refractivity contribution in [1.82, 2.24) is 4.57 Å². The van der Waals surface area contributed by atoms with E-state index in [2.05, 4.69) is 167 Å². The molecule has 0 N–H and O–H groups in total. The molecule has 2 heterocycles. The summed E-state index contributed by atoms with van der Waals surface area (Å²) in [5.41, 5.74) is 16.0. The molecule has 0 atom stereocenters. The van der Waals surface area contributed by atoms with Crippen molar-refractivity contribution in [2.45, 2.75) is 37.5 Å². The third-order valence-electron chi connectivity index (χ3n) is 15.4. The predicted octanol–water partition coefficient (Wildman–Crippen LogP) is 13.6. The van der Waals surface area contributed by atoms with Crippen LogP contribution in [0.1, 0.15) is 43.2 Å². The van der Waals surface area contributed by atoms with Gasteiger partial charge < -0.3 is 13.9 Å². The van der Waals surface area contributed by atoms with Gasteiger partial charge in [-0.3, -0.25) is 0 Å². The quantitative estimate of drug-likeness (QED) is 0.182. The van der Waals surface area contributed by atoms with Crippen molar-refractivity contribution in [3.63, 3.8) is 0 Å². The van der Waals surface area contributed by atoms with Gasteiger partial charge in [0.25, 0.3) is 0 Å². The average Bonchev–Trinajstić information content (AvgIpc) is 3.81. The zero-order valence-electron chi connectivity index (χ0n) is 30.5. The van der Waals surface area contributed by atoms with Crippen molar-refractivity contribution in [2.24, 2.45) is 22.7 Å². The molecule has 7 aromatic carbocycles. The Labute approximate surface area is 319 Å². The molecule has 55 heavy (non-hydrogen) atoms. The number of benzene rings is 7. The lowest BCUT2D eigenvalue weighted by Gasteiger charge is -2.41. The molecule has 0 unspecified atom stereocenters. The predicted molar refractivity (Wildman–Crippen MR) is 224 cm³/mol. The van der Waals surface area contributed by atoms with E-state index in [0.717, 1.165) is 50.8 Å². The van der Waals surface area contributed by atoms with Gasteiger partial charge in [-0.25, -0.2) is 0 Å². The monoisotopic (exact) mass is 706 g/mol. The smallest absolute Gasteiger partial charge is 0.137 e. The normalized spacial score (nSPS) is 26.4. The summed E-state index contributed by atoms with van der Waals surface area (Å²) in [7, 11) is 0. The van der Waals surface area contributed by atoms with Crippen LogP contribution in [0.15, 0.2) is 162 Å². The number of fused-ring (bicyclic) bond motifs is 11. The summed E-state index contributed by atoms with van der Waals surface area (Å²) < 4.78 is 8.95. The van der Waals surface area contributed by atoms with E-state index in [1.807, 2.05) is 0 Å². The van der Waals surface area contributed by atoms with Crippen LogP contribution in [0.2, 0.25) is 0 Å². The van der Waals surface area contributed by atoms with E-state index in [0.29, 0.717) is 10.8 Å². The number of aromatic nitrogens is 1. The Morgan fingerprint density at radius 3 is 1.85 bits per heavy atom. The second-order valence-corrected chi connectivity index (χ2v) is 17.4. The molecule has 0 aliphatic heterocycles. The van der Waals surface area contributed by atoms with Crippen LogP contribution in [0, 0.1) is 22.7 Å². The molecule has 9 aromatic rings. The van der Waals surface area contributed by atoms with Crippen molar-refractivity contribution in [2.75, 3.05) is 4.90 Å². The van der Waals surface area contributed by atoms with Gasteiger partial charge in [-0.15, -0.1) is 0 Å². The minimum Gasteiger partial charge on any atom is -0.456 e. The first-order valence-corrected chi connectivity index (χ1v) is 20.2. The molecule has 4 bridgehead atoms. The number of anilines is 3. The van der Waals surface area contributed by atoms with Gasteiger partial charge in [0.15, 0.2) is 0 Å². The third kappa shape index (κ3) is 3.27. The molecule has 15 rings (SSSR count). The molecular formula is C52H38N2O. The van der Waals surface area contributed by atoms with Crippen molar-refractivity contribution in [3.05, 3.63) is 169 Å². The largest absolute Gasteiger partial charge is 0.456 e. The van der Waals surface area contributed by atoms with E-state index in [4.69, 9.17) is 4.42 Å². The zero-order chi connectivity index (χ0) is 35.7. The fourth-order valence-electron chi connectivity index (χ4n) is 14.1. The summed E-state index contributed by atoms with van der Waals surface area (Å²) in [6, 6.07) is 58.8. The van der Waals surface area contributed by atoms with Gasteiger partial charge in [0.2, 0.25) is 0 Å². The molecule has 2 aromatic heterocycles. The molecule has 0 amide bonds. The van der Waals surface area contributed by atoms with Crippen molar-refractivity contribution >= 4 is 60.8 Å². The second kappa shape index (κ2) is 9.78. The number of nitrogens with zero attached hydrogens (tertiary/aromatic N) is 2. The van der Waals surface area contributed by atoms with Crippen LogP contribution in [0.3, 0.4) is 0 Å². The van der Waals surface area contributed by atoms with Crippen LogP contribution >= 0.6 is 0 Å². The van der Waals surface area contributed by atoms with Gasteiger partial charge in [-0.05, 0) is 132 Å². The van der Waals surface area contributed by atoms with Crippen LogP contribution in [-0.2, 0) is 5.41 Å². The number of rotatable bonds is 4. The highest BCUT2D eigenvalue weighted by atomic mass is 16.3. The number of hydrogen-bond acceptors (Lipinski definition) is 2. The Hall–Kier alpha value is -6.06. The molecule has 6 aliphatic carbocycles. The Morgan fingerprint density at radius 1 is 0.509 bits per heavy atom. The molecule has 3 heteroatoms. The Balaban J connectivity index is 0.997. The topological polar surface area (TPSA) is 21.3 Å². The lowest BCUT2D eigenvalue weighted by molar-refractivity contribution is 0.159. The lowest BCUT2D eigenvalue weighted by atomic mass is 9.63. The second-order valence-electron chi connectivity index (χ2n) is 17.4. The summed E-state index contributed by atoms with van der Waals surface area (Å²) in [5, 5.41) is 4.87. The van der Waals surface area contributed by atoms with E-state index < -0.39 is 0 Å². The summed E-state index contributed by atoms with van der Waals surface area (Å²) in [6.07, 6.45) is 7.13. The molecule has 3 nitrogen and oxygen atoms in total. The lowest BCUT2D eigenvalue weighted by Crippen LogP contribution is -2.34. The SMILES string of the molecule is c1ccc2c(c1)-c1c(N(c3ccc(-n4c5ccccc5c5ccccc54)cc3)c3ccc4c(c3)oc3ccccc34)cccc1C21C23CC4CC(C2)CC31C4. The highest BCUT2D eigenvalue weighted by Crippen LogP contribution is 2.99. The minimum absolute atomic E-state index is 0.143. The average molecular weight is 707 g/mol. The molecule has 0 radical (unpaired) electrons. The summed E-state index contributed by atoms with van der Waals surface area (Å²) in [5.74, 6) is 1.86. The van der Waals surface area contributed by atoms with Gasteiger partial charge in [-0.2, -0.15) is 0 Å². The first-order chi connectivity index (χ1) is 27.2. The van der Waals surface area contributed by atoms with Crippen LogP contribution in [0.5, 0.6) is 0 Å². The fourth-order valence-corrected chi connectivity index (χ4v) is 14.1. The van der Waals surface area contributed by atoms with E-state index in [-0.39, 0.29) is 5.41 Å². The summed E-state index contributed by atoms with van der Waals surface area (Å²) in [6.45, 7) is 0. The van der Waals surface area contributed by atoms with Gasteiger partial charge >= 0.3 is 0 Å². The van der Waals surface area contributed by atoms with E-state index in [1.54, 1.807) is 11.1 Å². The first kappa shape index (κ1) is 29.3. The Kier molecular flexibility index (Phi) is 5.21. The van der Waals surface area contributed by atoms with Crippen LogP contribution in [-0.4, -0.2) is 4.57 Å². The molecule has 6 aliphatic rings. The van der Waals surface area contributed by atoms with Gasteiger partial charge in [0.05, 0.1) is 16.7 Å². The Bertz CT molecular complexity index is 3040. The highest BCUT2D eigenvalue weighted by molar-refractivity contribution is 6.09. The summed E-state index contributed by atoms with van der Waals surface area (Å²) >= 11 is 0. The zero-order valence-corrected chi connectivity index (χ0v) is 30.5.